The number of fused-ring (bicyclic) bond motifs is 3. The summed E-state index contributed by atoms with van der Waals surface area (Å²) in [5.74, 6) is -0.386. The molecule has 0 atom stereocenters. The number of amides is 1. The topological polar surface area (TPSA) is 142 Å². The molecule has 0 unspecified atom stereocenters. The number of para-hydroxylation sites is 2. The van der Waals surface area contributed by atoms with E-state index in [2.05, 4.69) is 42.5 Å². The van der Waals surface area contributed by atoms with Crippen LogP contribution in [-0.4, -0.2) is 79.6 Å². The zero-order valence-electron chi connectivity index (χ0n) is 30.6. The fourth-order valence-corrected chi connectivity index (χ4v) is 6.79. The van der Waals surface area contributed by atoms with E-state index in [0.717, 1.165) is 103 Å². The predicted molar refractivity (Wildman–Crippen MR) is 218 cm³/mol. The molecular weight excluding hydrogens is 709 g/mol. The highest BCUT2D eigenvalue weighted by atomic mass is 16.5. The molecule has 0 saturated carbocycles. The smallest absolute Gasteiger partial charge is 0.335 e. The summed E-state index contributed by atoms with van der Waals surface area (Å²) in [6.45, 7) is 6.38. The average Bonchev–Trinajstić information content (AvgIpc) is 3.64. The third-order valence-corrected chi connectivity index (χ3v) is 9.76. The summed E-state index contributed by atoms with van der Waals surface area (Å²) >= 11 is 0. The third kappa shape index (κ3) is 8.31. The summed E-state index contributed by atoms with van der Waals surface area (Å²) in [6.07, 6.45) is 1.54. The Kier molecular flexibility index (Phi) is 10.8. The van der Waals surface area contributed by atoms with Gasteiger partial charge in [-0.2, -0.15) is 0 Å². The highest BCUT2D eigenvalue weighted by Gasteiger charge is 2.15. The Labute approximate surface area is 323 Å². The number of hydrogen-bond acceptors (Lipinski definition) is 10. The molecular formula is C44H40N6O6. The molecule has 2 aliphatic heterocycles. The van der Waals surface area contributed by atoms with Crippen molar-refractivity contribution in [2.24, 2.45) is 0 Å². The number of carboxylic acids is 1. The summed E-state index contributed by atoms with van der Waals surface area (Å²) in [5, 5.41) is 17.2. The van der Waals surface area contributed by atoms with Gasteiger partial charge in [0.1, 0.15) is 23.3 Å². The van der Waals surface area contributed by atoms with Gasteiger partial charge in [-0.3, -0.25) is 4.79 Å². The summed E-state index contributed by atoms with van der Waals surface area (Å²) in [4.78, 5) is 36.8. The molecule has 0 spiro atoms. The molecule has 9 rings (SSSR count). The van der Waals surface area contributed by atoms with Crippen molar-refractivity contribution in [1.82, 2.24) is 9.97 Å². The molecule has 3 N–H and O–H groups in total. The number of morpholine rings is 2. The van der Waals surface area contributed by atoms with E-state index in [4.69, 9.17) is 19.0 Å². The van der Waals surface area contributed by atoms with Gasteiger partial charge >= 0.3 is 5.97 Å². The number of nitrogens with zero attached hydrogens (tertiary/aromatic N) is 4. The summed E-state index contributed by atoms with van der Waals surface area (Å²) < 4.78 is 16.9. The number of carbonyl (C=O) groups excluding carboxylic acids is 1. The van der Waals surface area contributed by atoms with Crippen molar-refractivity contribution in [3.8, 4) is 11.3 Å². The van der Waals surface area contributed by atoms with Gasteiger partial charge in [0.2, 0.25) is 0 Å². The second-order valence-corrected chi connectivity index (χ2v) is 13.3. The predicted octanol–water partition coefficient (Wildman–Crippen LogP) is 8.10. The Bertz CT molecular complexity index is 2440. The van der Waals surface area contributed by atoms with Crippen LogP contribution in [0.1, 0.15) is 20.7 Å². The van der Waals surface area contributed by atoms with Gasteiger partial charge in [-0.15, -0.1) is 0 Å². The van der Waals surface area contributed by atoms with Crippen LogP contribution in [0.25, 0.3) is 33.2 Å². The maximum Gasteiger partial charge on any atom is 0.335 e. The Morgan fingerprint density at radius 3 is 1.86 bits per heavy atom. The number of aromatic nitrogens is 2. The summed E-state index contributed by atoms with van der Waals surface area (Å²) in [5.41, 5.74) is 7.95. The summed E-state index contributed by atoms with van der Waals surface area (Å²) in [7, 11) is 0. The Morgan fingerprint density at radius 1 is 0.625 bits per heavy atom. The number of hydrogen-bond donors (Lipinski definition) is 3. The maximum atomic E-state index is 12.8. The Balaban J connectivity index is 0.000000247. The lowest BCUT2D eigenvalue weighted by molar-refractivity contribution is 0.0696. The van der Waals surface area contributed by atoms with Gasteiger partial charge in [0, 0.05) is 76.9 Å². The first kappa shape index (κ1) is 36.2. The molecule has 282 valence electrons. The second-order valence-electron chi connectivity index (χ2n) is 13.3. The van der Waals surface area contributed by atoms with Crippen LogP contribution >= 0.6 is 0 Å². The van der Waals surface area contributed by atoms with Gasteiger partial charge in [-0.1, -0.05) is 30.3 Å². The zero-order chi connectivity index (χ0) is 38.3. The minimum atomic E-state index is -0.886. The molecule has 2 aromatic heterocycles. The third-order valence-electron chi connectivity index (χ3n) is 9.76. The van der Waals surface area contributed by atoms with E-state index in [1.807, 2.05) is 97.1 Å². The van der Waals surface area contributed by atoms with Crippen LogP contribution in [0, 0.1) is 0 Å². The largest absolute Gasteiger partial charge is 0.478 e. The van der Waals surface area contributed by atoms with E-state index in [-0.39, 0.29) is 5.91 Å². The van der Waals surface area contributed by atoms with Crippen LogP contribution < -0.4 is 20.4 Å². The van der Waals surface area contributed by atoms with Crippen molar-refractivity contribution in [2.75, 3.05) is 73.0 Å². The van der Waals surface area contributed by atoms with Gasteiger partial charge in [0.05, 0.1) is 37.7 Å². The number of furan rings is 1. The lowest BCUT2D eigenvalue weighted by Crippen LogP contribution is -2.36. The molecule has 0 aliphatic carbocycles. The van der Waals surface area contributed by atoms with Crippen molar-refractivity contribution >= 4 is 62.4 Å². The number of nitrogens with one attached hydrogen (secondary N) is 2. The molecule has 1 amide bonds. The molecule has 5 aromatic carbocycles. The van der Waals surface area contributed by atoms with Crippen LogP contribution in [0.5, 0.6) is 0 Å². The normalized spacial score (nSPS) is 14.2. The molecule has 4 heterocycles. The molecule has 2 saturated heterocycles. The van der Waals surface area contributed by atoms with E-state index in [1.54, 1.807) is 12.1 Å². The molecule has 2 aliphatic rings. The second kappa shape index (κ2) is 16.7. The number of benzene rings is 5. The Morgan fingerprint density at radius 2 is 1.21 bits per heavy atom. The maximum absolute atomic E-state index is 12.8. The lowest BCUT2D eigenvalue weighted by Gasteiger charge is -2.28. The van der Waals surface area contributed by atoms with Gasteiger partial charge in [0.25, 0.3) is 5.91 Å². The minimum Gasteiger partial charge on any atom is -0.478 e. The van der Waals surface area contributed by atoms with E-state index in [9.17, 15) is 9.59 Å². The standard InChI is InChI=1S/C33H27N5O3.C11H13NO3/c39-33(22-8-14-25(15-9-22)38-16-18-40-19-17-38)37-24-12-10-23(11-13-24)36-31-20-29(34-21-35-31)28-6-3-5-27-26-4-1-2-7-30(26)41-32(27)28;13-11(14)9-1-3-10(4-2-9)12-5-7-15-8-6-12/h1-15,20-21H,16-19H2,(H,37,39)(H,34,35,36);1-4H,5-8H2,(H,13,14). The fraction of sp³-hybridized carbons (Fsp3) is 0.182. The Hall–Kier alpha value is -6.76. The first-order chi connectivity index (χ1) is 27.5. The number of ether oxygens (including phenoxy) is 2. The van der Waals surface area contributed by atoms with Crippen LogP contribution in [0.2, 0.25) is 0 Å². The van der Waals surface area contributed by atoms with Crippen LogP contribution in [0.4, 0.5) is 28.6 Å². The number of carbonyl (C=O) groups is 2. The first-order valence-corrected chi connectivity index (χ1v) is 18.5. The number of aromatic carboxylic acids is 1. The minimum absolute atomic E-state index is 0.153. The quantitative estimate of drug-likeness (QED) is 0.139. The molecule has 0 radical (unpaired) electrons. The zero-order valence-corrected chi connectivity index (χ0v) is 30.6. The molecule has 56 heavy (non-hydrogen) atoms. The lowest BCUT2D eigenvalue weighted by atomic mass is 10.1. The van der Waals surface area contributed by atoms with Gasteiger partial charge in [-0.05, 0) is 84.9 Å². The monoisotopic (exact) mass is 748 g/mol. The molecule has 0 bridgehead atoms. The molecule has 2 fully saturated rings. The fourth-order valence-electron chi connectivity index (χ4n) is 6.79. The van der Waals surface area contributed by atoms with E-state index < -0.39 is 5.97 Å². The van der Waals surface area contributed by atoms with Crippen LogP contribution in [0.3, 0.4) is 0 Å². The number of anilines is 5. The first-order valence-electron chi connectivity index (χ1n) is 18.5. The van der Waals surface area contributed by atoms with Crippen molar-refractivity contribution in [2.45, 2.75) is 0 Å². The van der Waals surface area contributed by atoms with Gasteiger partial charge in [0.15, 0.2) is 0 Å². The van der Waals surface area contributed by atoms with Crippen molar-refractivity contribution in [3.63, 3.8) is 0 Å². The van der Waals surface area contributed by atoms with Crippen LogP contribution in [-0.2, 0) is 9.47 Å². The van der Waals surface area contributed by atoms with E-state index in [1.165, 1.54) is 6.33 Å². The molecule has 7 aromatic rings. The number of rotatable bonds is 8. The SMILES string of the molecule is O=C(Nc1ccc(Nc2cc(-c3cccc4c3oc3ccccc34)ncn2)cc1)c1ccc(N2CCOCC2)cc1.O=C(O)c1ccc(N2CCOCC2)cc1. The van der Waals surface area contributed by atoms with Crippen molar-refractivity contribution in [1.29, 1.82) is 0 Å². The summed E-state index contributed by atoms with van der Waals surface area (Å²) in [6, 6.07) is 38.1. The van der Waals surface area contributed by atoms with E-state index in [0.29, 0.717) is 22.6 Å². The highest BCUT2D eigenvalue weighted by Crippen LogP contribution is 2.35. The van der Waals surface area contributed by atoms with Gasteiger partial charge < -0.3 is 39.4 Å². The van der Waals surface area contributed by atoms with E-state index >= 15 is 0 Å². The van der Waals surface area contributed by atoms with Crippen molar-refractivity contribution < 1.29 is 28.6 Å². The average molecular weight is 749 g/mol. The highest BCUT2D eigenvalue weighted by molar-refractivity contribution is 6.09. The number of carboxylic acid groups (broad SMARTS) is 1. The van der Waals surface area contributed by atoms with Gasteiger partial charge in [-0.25, -0.2) is 14.8 Å². The van der Waals surface area contributed by atoms with Crippen molar-refractivity contribution in [3.05, 3.63) is 139 Å². The van der Waals surface area contributed by atoms with Crippen LogP contribution in [0.15, 0.2) is 132 Å². The molecule has 12 heteroatoms. The molecule has 12 nitrogen and oxygen atoms in total.